The molecule has 1 aromatic heterocycles. The fraction of sp³-hybridized carbons (Fsp3) is 0.211. The summed E-state index contributed by atoms with van der Waals surface area (Å²) in [5, 5.41) is 15.8. The number of nitrogens with zero attached hydrogens (tertiary/aromatic N) is 1. The molecular formula is C19H18F3N3O2. The lowest BCUT2D eigenvalue weighted by Crippen LogP contribution is -2.33. The molecule has 142 valence electrons. The van der Waals surface area contributed by atoms with Crippen molar-refractivity contribution in [2.45, 2.75) is 12.3 Å². The lowest BCUT2D eigenvalue weighted by molar-refractivity contribution is -0.136. The van der Waals surface area contributed by atoms with Crippen LogP contribution in [0.4, 0.5) is 23.7 Å². The third-order valence-electron chi connectivity index (χ3n) is 4.22. The van der Waals surface area contributed by atoms with Crippen LogP contribution in [0.5, 0.6) is 0 Å². The van der Waals surface area contributed by atoms with E-state index in [1.165, 1.54) is 18.2 Å². The van der Waals surface area contributed by atoms with Gasteiger partial charge in [0.25, 0.3) is 0 Å². The number of rotatable bonds is 4. The minimum atomic E-state index is -4.58. The van der Waals surface area contributed by atoms with Gasteiger partial charge in [0.05, 0.1) is 17.4 Å². The van der Waals surface area contributed by atoms with E-state index < -0.39 is 23.9 Å². The Morgan fingerprint density at radius 2 is 1.81 bits per heavy atom. The van der Waals surface area contributed by atoms with E-state index in [1.807, 2.05) is 35.9 Å². The van der Waals surface area contributed by atoms with Crippen molar-refractivity contribution in [3.63, 3.8) is 0 Å². The molecule has 3 N–H and O–H groups in total. The quantitative estimate of drug-likeness (QED) is 0.642. The second-order valence-corrected chi connectivity index (χ2v) is 6.11. The maximum atomic E-state index is 13.0. The number of fused-ring (bicyclic) bond motifs is 1. The Morgan fingerprint density at radius 3 is 2.56 bits per heavy atom. The largest absolute Gasteiger partial charge is 0.418 e. The molecule has 2 amide bonds. The van der Waals surface area contributed by atoms with Gasteiger partial charge in [0.1, 0.15) is 0 Å². The van der Waals surface area contributed by atoms with E-state index in [1.54, 1.807) is 6.20 Å². The Kier molecular flexibility index (Phi) is 5.09. The van der Waals surface area contributed by atoms with Crippen molar-refractivity contribution in [3.8, 4) is 0 Å². The van der Waals surface area contributed by atoms with Gasteiger partial charge in [-0.05, 0) is 18.2 Å². The van der Waals surface area contributed by atoms with Crippen LogP contribution in [0.25, 0.3) is 10.9 Å². The third-order valence-corrected chi connectivity index (χ3v) is 4.22. The zero-order valence-electron chi connectivity index (χ0n) is 14.4. The van der Waals surface area contributed by atoms with Gasteiger partial charge in [-0.1, -0.05) is 30.3 Å². The van der Waals surface area contributed by atoms with Crippen LogP contribution < -0.4 is 10.6 Å². The summed E-state index contributed by atoms with van der Waals surface area (Å²) < 4.78 is 40.8. The number of aromatic nitrogens is 1. The number of aliphatic hydroxyl groups excluding tert-OH is 1. The number of carbonyl (C=O) groups excluding carboxylic acids is 1. The molecule has 0 aliphatic heterocycles. The van der Waals surface area contributed by atoms with Gasteiger partial charge < -0.3 is 20.3 Å². The van der Waals surface area contributed by atoms with E-state index >= 15 is 0 Å². The smallest absolute Gasteiger partial charge is 0.386 e. The molecule has 0 aliphatic rings. The molecule has 5 nitrogen and oxygen atoms in total. The molecular weight excluding hydrogens is 359 g/mol. The van der Waals surface area contributed by atoms with Gasteiger partial charge in [-0.25, -0.2) is 4.79 Å². The van der Waals surface area contributed by atoms with E-state index in [2.05, 4.69) is 10.6 Å². The van der Waals surface area contributed by atoms with Crippen LogP contribution >= 0.6 is 0 Å². The lowest BCUT2D eigenvalue weighted by atomic mass is 10.1. The fourth-order valence-electron chi connectivity index (χ4n) is 2.94. The molecule has 1 unspecified atom stereocenters. The molecule has 3 aromatic rings. The highest BCUT2D eigenvalue weighted by Crippen LogP contribution is 2.34. The lowest BCUT2D eigenvalue weighted by Gasteiger charge is -2.15. The minimum absolute atomic E-state index is 0.145. The Hall–Kier alpha value is -3.00. The van der Waals surface area contributed by atoms with Gasteiger partial charge in [0, 0.05) is 36.3 Å². The number of amides is 2. The third kappa shape index (κ3) is 4.06. The van der Waals surface area contributed by atoms with E-state index in [0.717, 1.165) is 17.0 Å². The molecule has 2 aromatic carbocycles. The topological polar surface area (TPSA) is 66.3 Å². The first-order chi connectivity index (χ1) is 12.8. The number of alkyl halides is 3. The number of para-hydroxylation sites is 2. The minimum Gasteiger partial charge on any atom is -0.386 e. The van der Waals surface area contributed by atoms with Crippen LogP contribution in [0.2, 0.25) is 0 Å². The summed E-state index contributed by atoms with van der Waals surface area (Å²) in [6.07, 6.45) is -3.82. The van der Waals surface area contributed by atoms with Gasteiger partial charge in [0.15, 0.2) is 0 Å². The first-order valence-electron chi connectivity index (χ1n) is 8.20. The maximum Gasteiger partial charge on any atom is 0.418 e. The molecule has 0 bridgehead atoms. The molecule has 0 saturated carbocycles. The van der Waals surface area contributed by atoms with E-state index in [0.29, 0.717) is 5.56 Å². The highest BCUT2D eigenvalue weighted by molar-refractivity contribution is 5.90. The number of aliphatic hydroxyl groups is 1. The summed E-state index contributed by atoms with van der Waals surface area (Å²) in [6.45, 7) is -0.145. The molecule has 27 heavy (non-hydrogen) atoms. The highest BCUT2D eigenvalue weighted by Gasteiger charge is 2.33. The second kappa shape index (κ2) is 7.32. The summed E-state index contributed by atoms with van der Waals surface area (Å²) in [4.78, 5) is 12.0. The van der Waals surface area contributed by atoms with Crippen molar-refractivity contribution < 1.29 is 23.1 Å². The predicted molar refractivity (Wildman–Crippen MR) is 96.3 cm³/mol. The number of urea groups is 1. The van der Waals surface area contributed by atoms with Gasteiger partial charge in [-0.3, -0.25) is 0 Å². The Labute approximate surface area is 153 Å². The van der Waals surface area contributed by atoms with Gasteiger partial charge in [-0.2, -0.15) is 13.2 Å². The summed E-state index contributed by atoms with van der Waals surface area (Å²) in [7, 11) is 1.84. The van der Waals surface area contributed by atoms with Gasteiger partial charge in [-0.15, -0.1) is 0 Å². The first kappa shape index (κ1) is 18.8. The maximum absolute atomic E-state index is 13.0. The summed E-state index contributed by atoms with van der Waals surface area (Å²) in [5.74, 6) is 0. The van der Waals surface area contributed by atoms with Crippen LogP contribution in [0, 0.1) is 0 Å². The van der Waals surface area contributed by atoms with Crippen LogP contribution in [-0.4, -0.2) is 22.2 Å². The van der Waals surface area contributed by atoms with Crippen molar-refractivity contribution in [2.24, 2.45) is 7.05 Å². The SMILES string of the molecule is Cn1cc(C(O)CNC(=O)Nc2ccccc2C(F)(F)F)c2ccccc21. The van der Waals surface area contributed by atoms with Crippen molar-refractivity contribution in [1.29, 1.82) is 0 Å². The molecule has 0 saturated heterocycles. The van der Waals surface area contributed by atoms with Crippen LogP contribution in [0.15, 0.2) is 54.7 Å². The molecule has 3 rings (SSSR count). The van der Waals surface area contributed by atoms with Crippen molar-refractivity contribution in [2.75, 3.05) is 11.9 Å². The Balaban J connectivity index is 1.68. The van der Waals surface area contributed by atoms with Crippen LogP contribution in [0.1, 0.15) is 17.2 Å². The van der Waals surface area contributed by atoms with E-state index in [9.17, 15) is 23.1 Å². The summed E-state index contributed by atoms with van der Waals surface area (Å²) >= 11 is 0. The number of hydrogen-bond acceptors (Lipinski definition) is 2. The fourth-order valence-corrected chi connectivity index (χ4v) is 2.94. The highest BCUT2D eigenvalue weighted by atomic mass is 19.4. The molecule has 0 aliphatic carbocycles. The second-order valence-electron chi connectivity index (χ2n) is 6.11. The van der Waals surface area contributed by atoms with Gasteiger partial charge in [0.2, 0.25) is 0 Å². The zero-order valence-corrected chi connectivity index (χ0v) is 14.4. The standard InChI is InChI=1S/C19H18F3N3O2/c1-25-11-13(12-6-2-5-9-16(12)25)17(26)10-23-18(27)24-15-8-4-3-7-14(15)19(20,21)22/h2-9,11,17,26H,10H2,1H3,(H2,23,24,27). The Bertz CT molecular complexity index is 966. The summed E-state index contributed by atoms with van der Waals surface area (Å²) in [5.41, 5.74) is 0.274. The Morgan fingerprint density at radius 1 is 1.15 bits per heavy atom. The zero-order chi connectivity index (χ0) is 19.6. The number of halogens is 3. The number of anilines is 1. The predicted octanol–water partition coefficient (Wildman–Crippen LogP) is 4.05. The molecule has 1 atom stereocenters. The summed E-state index contributed by atoms with van der Waals surface area (Å²) in [6, 6.07) is 11.4. The average Bonchev–Trinajstić information content (AvgIpc) is 2.97. The molecule has 0 spiro atoms. The average molecular weight is 377 g/mol. The number of hydrogen-bond donors (Lipinski definition) is 3. The van der Waals surface area contributed by atoms with Crippen LogP contribution in [0.3, 0.4) is 0 Å². The van der Waals surface area contributed by atoms with Crippen molar-refractivity contribution in [1.82, 2.24) is 9.88 Å². The van der Waals surface area contributed by atoms with Gasteiger partial charge >= 0.3 is 12.2 Å². The first-order valence-corrected chi connectivity index (χ1v) is 8.20. The van der Waals surface area contributed by atoms with Crippen molar-refractivity contribution in [3.05, 3.63) is 65.9 Å². The van der Waals surface area contributed by atoms with Crippen LogP contribution in [-0.2, 0) is 13.2 Å². The van der Waals surface area contributed by atoms with Crippen molar-refractivity contribution >= 4 is 22.6 Å². The number of nitrogens with one attached hydrogen (secondary N) is 2. The monoisotopic (exact) mass is 377 g/mol. The van der Waals surface area contributed by atoms with E-state index in [-0.39, 0.29) is 12.2 Å². The van der Waals surface area contributed by atoms with E-state index in [4.69, 9.17) is 0 Å². The molecule has 1 heterocycles. The molecule has 8 heteroatoms. The molecule has 0 radical (unpaired) electrons. The molecule has 0 fully saturated rings. The number of aryl methyl sites for hydroxylation is 1. The normalized spacial score (nSPS) is 12.8. The number of carbonyl (C=O) groups is 1. The number of benzene rings is 2.